The molecule has 0 spiro atoms. The smallest absolute Gasteiger partial charge is 0.0373 e. The highest BCUT2D eigenvalue weighted by Gasteiger charge is 2.04. The second kappa shape index (κ2) is 13.8. The molecule has 0 radical (unpaired) electrons. The van der Waals surface area contributed by atoms with Gasteiger partial charge in [0, 0.05) is 10.2 Å². The largest absolute Gasteiger partial charge is 0.0928 e. The second-order valence-electron chi connectivity index (χ2n) is 8.38. The molecule has 0 aliphatic heterocycles. The number of aryl methyl sites for hydroxylation is 1. The van der Waals surface area contributed by atoms with Crippen LogP contribution in [-0.2, 0) is 6.42 Å². The van der Waals surface area contributed by atoms with Gasteiger partial charge in [0.15, 0.2) is 0 Å². The molecular weight excluding hydrogens is 520 g/mol. The molecule has 32 heavy (non-hydrogen) atoms. The summed E-state index contributed by atoms with van der Waals surface area (Å²) >= 11 is 7.09. The molecule has 4 aromatic rings. The van der Waals surface area contributed by atoms with Crippen molar-refractivity contribution in [2.24, 2.45) is 0 Å². The molecule has 2 heteroatoms. The summed E-state index contributed by atoms with van der Waals surface area (Å²) in [6.45, 7) is 2.15. The van der Waals surface area contributed by atoms with Crippen LogP contribution in [0.25, 0.3) is 21.5 Å². The molecule has 1 unspecified atom stereocenters. The first-order chi connectivity index (χ1) is 15.7. The van der Waals surface area contributed by atoms with Crippen molar-refractivity contribution >= 4 is 53.4 Å². The SMILES string of the molecule is BrCCCCCCCCc1cccc2ccccc12.CC(Br)c1cccc2ccccc12. The van der Waals surface area contributed by atoms with Crippen LogP contribution in [0, 0.1) is 0 Å². The average Bonchev–Trinajstić information content (AvgIpc) is 2.83. The first kappa shape index (κ1) is 25.0. The molecular formula is C30H34Br2. The highest BCUT2D eigenvalue weighted by Crippen LogP contribution is 2.28. The van der Waals surface area contributed by atoms with Crippen LogP contribution in [0.3, 0.4) is 0 Å². The van der Waals surface area contributed by atoms with E-state index in [1.165, 1.54) is 77.6 Å². The van der Waals surface area contributed by atoms with Crippen molar-refractivity contribution in [2.75, 3.05) is 5.33 Å². The highest BCUT2D eigenvalue weighted by molar-refractivity contribution is 9.09. The number of halogens is 2. The van der Waals surface area contributed by atoms with Crippen molar-refractivity contribution < 1.29 is 0 Å². The van der Waals surface area contributed by atoms with E-state index in [1.807, 2.05) is 0 Å². The molecule has 0 nitrogen and oxygen atoms in total. The van der Waals surface area contributed by atoms with Gasteiger partial charge in [0.2, 0.25) is 0 Å². The average molecular weight is 554 g/mol. The molecule has 0 aromatic heterocycles. The van der Waals surface area contributed by atoms with Gasteiger partial charge in [-0.2, -0.15) is 0 Å². The van der Waals surface area contributed by atoms with Crippen LogP contribution in [0.5, 0.6) is 0 Å². The predicted molar refractivity (Wildman–Crippen MR) is 150 cm³/mol. The third-order valence-corrected chi connectivity index (χ3v) is 7.02. The normalized spacial score (nSPS) is 11.8. The van der Waals surface area contributed by atoms with Crippen molar-refractivity contribution in [3.05, 3.63) is 96.1 Å². The van der Waals surface area contributed by atoms with Crippen LogP contribution in [0.2, 0.25) is 0 Å². The van der Waals surface area contributed by atoms with E-state index in [0.29, 0.717) is 4.83 Å². The summed E-state index contributed by atoms with van der Waals surface area (Å²) in [6, 6.07) is 30.3. The van der Waals surface area contributed by atoms with Gasteiger partial charge in [-0.15, -0.1) is 0 Å². The van der Waals surface area contributed by atoms with Crippen molar-refractivity contribution in [3.63, 3.8) is 0 Å². The zero-order valence-electron chi connectivity index (χ0n) is 19.1. The van der Waals surface area contributed by atoms with Crippen LogP contribution in [0.4, 0.5) is 0 Å². The lowest BCUT2D eigenvalue weighted by Gasteiger charge is -2.07. The number of rotatable bonds is 9. The number of hydrogen-bond acceptors (Lipinski definition) is 0. The molecule has 0 aliphatic rings. The van der Waals surface area contributed by atoms with Gasteiger partial charge in [0.1, 0.15) is 0 Å². The third-order valence-electron chi connectivity index (χ3n) is 5.96. The van der Waals surface area contributed by atoms with Gasteiger partial charge in [0.25, 0.3) is 0 Å². The minimum absolute atomic E-state index is 0.415. The molecule has 4 rings (SSSR count). The summed E-state index contributed by atoms with van der Waals surface area (Å²) in [5.41, 5.74) is 2.87. The Balaban J connectivity index is 0.000000193. The van der Waals surface area contributed by atoms with Crippen LogP contribution < -0.4 is 0 Å². The molecule has 0 amide bonds. The van der Waals surface area contributed by atoms with Crippen LogP contribution in [0.15, 0.2) is 84.9 Å². The minimum Gasteiger partial charge on any atom is -0.0928 e. The van der Waals surface area contributed by atoms with E-state index in [0.717, 1.165) is 5.33 Å². The standard InChI is InChI=1S/C18H23Br.C12H11Br/c19-15-8-4-2-1-3-5-10-16-12-9-13-17-11-6-7-14-18(16)17;1-9(13)11-8-4-6-10-5-2-3-7-12(10)11/h6-7,9,11-14H,1-5,8,10,15H2;2-9H,1H3. The van der Waals surface area contributed by atoms with Gasteiger partial charge < -0.3 is 0 Å². The van der Waals surface area contributed by atoms with Gasteiger partial charge in [-0.3, -0.25) is 0 Å². The molecule has 0 saturated carbocycles. The van der Waals surface area contributed by atoms with E-state index in [1.54, 1.807) is 0 Å². The molecule has 0 heterocycles. The molecule has 0 bridgehead atoms. The molecule has 0 saturated heterocycles. The van der Waals surface area contributed by atoms with Crippen molar-refractivity contribution in [1.82, 2.24) is 0 Å². The topological polar surface area (TPSA) is 0 Å². The Bertz CT molecular complexity index is 1070. The van der Waals surface area contributed by atoms with Crippen molar-refractivity contribution in [3.8, 4) is 0 Å². The number of fused-ring (bicyclic) bond motifs is 2. The Morgan fingerprint density at radius 3 is 1.81 bits per heavy atom. The van der Waals surface area contributed by atoms with Crippen LogP contribution in [0.1, 0.15) is 61.4 Å². The fourth-order valence-corrected chi connectivity index (χ4v) is 5.02. The van der Waals surface area contributed by atoms with E-state index in [9.17, 15) is 0 Å². The number of alkyl halides is 2. The lowest BCUT2D eigenvalue weighted by Crippen LogP contribution is -1.88. The summed E-state index contributed by atoms with van der Waals surface area (Å²) in [4.78, 5) is 0.415. The maximum absolute atomic E-state index is 3.60. The van der Waals surface area contributed by atoms with Crippen LogP contribution in [-0.4, -0.2) is 5.33 Å². The van der Waals surface area contributed by atoms with E-state index in [-0.39, 0.29) is 0 Å². The van der Waals surface area contributed by atoms with E-state index >= 15 is 0 Å². The summed E-state index contributed by atoms with van der Waals surface area (Å²) in [6.07, 6.45) is 9.38. The summed E-state index contributed by atoms with van der Waals surface area (Å²) in [5.74, 6) is 0. The number of unbranched alkanes of at least 4 members (excludes halogenated alkanes) is 5. The lowest BCUT2D eigenvalue weighted by atomic mass is 9.99. The molecule has 0 N–H and O–H groups in total. The Morgan fingerprint density at radius 2 is 1.12 bits per heavy atom. The lowest BCUT2D eigenvalue weighted by molar-refractivity contribution is 0.610. The van der Waals surface area contributed by atoms with Crippen molar-refractivity contribution in [1.29, 1.82) is 0 Å². The first-order valence-electron chi connectivity index (χ1n) is 11.8. The Morgan fingerprint density at radius 1 is 0.594 bits per heavy atom. The minimum atomic E-state index is 0.415. The predicted octanol–water partition coefficient (Wildman–Crippen LogP) is 10.4. The quantitative estimate of drug-likeness (QED) is 0.143. The van der Waals surface area contributed by atoms with E-state index < -0.39 is 0 Å². The van der Waals surface area contributed by atoms with Gasteiger partial charge in [-0.05, 0) is 58.9 Å². The monoisotopic (exact) mass is 552 g/mol. The van der Waals surface area contributed by atoms with Gasteiger partial charge >= 0.3 is 0 Å². The summed E-state index contributed by atoms with van der Waals surface area (Å²) in [5, 5.41) is 6.62. The zero-order chi connectivity index (χ0) is 22.6. The third kappa shape index (κ3) is 7.46. The number of hydrogen-bond donors (Lipinski definition) is 0. The maximum Gasteiger partial charge on any atom is 0.0373 e. The molecule has 168 valence electrons. The molecule has 4 aromatic carbocycles. The van der Waals surface area contributed by atoms with E-state index in [2.05, 4.69) is 124 Å². The van der Waals surface area contributed by atoms with Gasteiger partial charge in [-0.25, -0.2) is 0 Å². The fraction of sp³-hybridized carbons (Fsp3) is 0.333. The van der Waals surface area contributed by atoms with Crippen LogP contribution >= 0.6 is 31.9 Å². The Hall–Kier alpha value is -1.64. The molecule has 0 aliphatic carbocycles. The zero-order valence-corrected chi connectivity index (χ0v) is 22.2. The summed E-state index contributed by atoms with van der Waals surface area (Å²) < 4.78 is 0. The Labute approximate surface area is 210 Å². The highest BCUT2D eigenvalue weighted by atomic mass is 79.9. The second-order valence-corrected chi connectivity index (χ2v) is 10.5. The van der Waals surface area contributed by atoms with Gasteiger partial charge in [0.05, 0.1) is 0 Å². The fourth-order valence-electron chi connectivity index (χ4n) is 4.22. The number of benzene rings is 4. The molecule has 1 atom stereocenters. The van der Waals surface area contributed by atoms with Crippen molar-refractivity contribution in [2.45, 2.75) is 56.7 Å². The van der Waals surface area contributed by atoms with E-state index in [4.69, 9.17) is 0 Å². The van der Waals surface area contributed by atoms with Gasteiger partial charge in [-0.1, -0.05) is 142 Å². The Kier molecular flexibility index (Phi) is 10.8. The maximum atomic E-state index is 3.60. The summed E-state index contributed by atoms with van der Waals surface area (Å²) in [7, 11) is 0. The first-order valence-corrected chi connectivity index (χ1v) is 13.9. The molecule has 0 fully saturated rings.